The van der Waals surface area contributed by atoms with E-state index in [1.165, 1.54) is 11.7 Å². The number of thiophene rings is 1. The van der Waals surface area contributed by atoms with Crippen molar-refractivity contribution in [1.82, 2.24) is 9.55 Å². The van der Waals surface area contributed by atoms with Crippen LogP contribution in [-0.4, -0.2) is 33.6 Å². The number of ether oxygens (including phenoxy) is 1. The molecule has 9 heteroatoms. The number of aromatic nitrogens is 2. The molecule has 29 heavy (non-hydrogen) atoms. The van der Waals surface area contributed by atoms with Crippen molar-refractivity contribution in [1.29, 1.82) is 0 Å². The number of nitrogens with one attached hydrogen (secondary N) is 1. The van der Waals surface area contributed by atoms with Gasteiger partial charge in [0.05, 0.1) is 23.1 Å². The van der Waals surface area contributed by atoms with E-state index in [4.69, 9.17) is 9.84 Å². The Kier molecular flexibility index (Phi) is 5.97. The molecular formula is C20H21N3O5S. The fourth-order valence-electron chi connectivity index (χ4n) is 3.11. The monoisotopic (exact) mass is 415 g/mol. The number of carboxylic acid groups (broad SMARTS) is 1. The first-order chi connectivity index (χ1) is 13.8. The Bertz CT molecular complexity index is 1150. The van der Waals surface area contributed by atoms with Crippen molar-refractivity contribution in [3.05, 3.63) is 50.9 Å². The lowest BCUT2D eigenvalue weighted by molar-refractivity contribution is -0.137. The molecule has 152 valence electrons. The predicted molar refractivity (Wildman–Crippen MR) is 111 cm³/mol. The molecule has 0 radical (unpaired) electrons. The topological polar surface area (TPSA) is 111 Å². The van der Waals surface area contributed by atoms with Gasteiger partial charge in [-0.15, -0.1) is 11.3 Å². The summed E-state index contributed by atoms with van der Waals surface area (Å²) in [6, 6.07) is 7.07. The maximum atomic E-state index is 13.0. The molecule has 0 spiro atoms. The first-order valence-electron chi connectivity index (χ1n) is 9.00. The average Bonchev–Trinajstić information content (AvgIpc) is 3.01. The van der Waals surface area contributed by atoms with Crippen LogP contribution in [-0.2, 0) is 11.3 Å². The van der Waals surface area contributed by atoms with E-state index in [2.05, 4.69) is 10.3 Å². The maximum absolute atomic E-state index is 13.0. The van der Waals surface area contributed by atoms with Gasteiger partial charge < -0.3 is 15.2 Å². The largest absolute Gasteiger partial charge is 0.495 e. The number of amides is 1. The SMILES string of the molecule is COc1ccccc1NC(=O)c1sc2nc(C)n(CCCC(=O)O)c(=O)c2c1C. The van der Waals surface area contributed by atoms with E-state index in [0.717, 1.165) is 11.3 Å². The zero-order chi connectivity index (χ0) is 21.1. The van der Waals surface area contributed by atoms with Crippen molar-refractivity contribution in [3.63, 3.8) is 0 Å². The molecule has 1 amide bonds. The number of nitrogens with zero attached hydrogens (tertiary/aromatic N) is 2. The number of carboxylic acids is 1. The van der Waals surface area contributed by atoms with Gasteiger partial charge in [-0.1, -0.05) is 12.1 Å². The predicted octanol–water partition coefficient (Wildman–Crippen LogP) is 3.20. The van der Waals surface area contributed by atoms with Crippen LogP contribution in [0.1, 0.15) is 33.9 Å². The fourth-order valence-corrected chi connectivity index (χ4v) is 4.23. The Labute approximate surface area is 170 Å². The van der Waals surface area contributed by atoms with Crippen LogP contribution in [0.4, 0.5) is 5.69 Å². The number of carbonyl (C=O) groups is 2. The van der Waals surface area contributed by atoms with Crippen molar-refractivity contribution in [2.75, 3.05) is 12.4 Å². The Morgan fingerprint density at radius 3 is 2.69 bits per heavy atom. The second kappa shape index (κ2) is 8.44. The lowest BCUT2D eigenvalue weighted by atomic mass is 10.2. The van der Waals surface area contributed by atoms with Gasteiger partial charge in [-0.25, -0.2) is 4.98 Å². The highest BCUT2D eigenvalue weighted by Crippen LogP contribution is 2.30. The second-order valence-electron chi connectivity index (χ2n) is 6.50. The zero-order valence-corrected chi connectivity index (χ0v) is 17.1. The molecule has 8 nitrogen and oxygen atoms in total. The van der Waals surface area contributed by atoms with Gasteiger partial charge in [0.15, 0.2) is 0 Å². The van der Waals surface area contributed by atoms with Gasteiger partial charge >= 0.3 is 5.97 Å². The van der Waals surface area contributed by atoms with Crippen LogP contribution < -0.4 is 15.6 Å². The van der Waals surface area contributed by atoms with E-state index >= 15 is 0 Å². The summed E-state index contributed by atoms with van der Waals surface area (Å²) >= 11 is 1.16. The number of methoxy groups -OCH3 is 1. The molecule has 2 N–H and O–H groups in total. The Hall–Kier alpha value is -3.20. The first kappa shape index (κ1) is 20.5. The lowest BCUT2D eigenvalue weighted by Crippen LogP contribution is -2.24. The molecule has 3 rings (SSSR count). The number of fused-ring (bicyclic) bond motifs is 1. The number of aliphatic carboxylic acids is 1. The lowest BCUT2D eigenvalue weighted by Gasteiger charge is -2.09. The third-order valence-corrected chi connectivity index (χ3v) is 5.76. The van der Waals surface area contributed by atoms with E-state index in [9.17, 15) is 14.4 Å². The van der Waals surface area contributed by atoms with Gasteiger partial charge in [-0.3, -0.25) is 19.0 Å². The van der Waals surface area contributed by atoms with Gasteiger partial charge in [-0.2, -0.15) is 0 Å². The smallest absolute Gasteiger partial charge is 0.303 e. The number of benzene rings is 1. The van der Waals surface area contributed by atoms with E-state index in [-0.39, 0.29) is 24.4 Å². The summed E-state index contributed by atoms with van der Waals surface area (Å²) in [5.41, 5.74) is 0.831. The molecule has 2 aromatic heterocycles. The molecule has 3 aromatic rings. The number of carbonyl (C=O) groups excluding carboxylic acids is 1. The quantitative estimate of drug-likeness (QED) is 0.613. The van der Waals surface area contributed by atoms with Gasteiger partial charge in [0, 0.05) is 13.0 Å². The van der Waals surface area contributed by atoms with E-state index in [1.807, 2.05) is 0 Å². The minimum atomic E-state index is -0.910. The Morgan fingerprint density at radius 1 is 1.28 bits per heavy atom. The van der Waals surface area contributed by atoms with E-state index in [0.29, 0.717) is 44.3 Å². The molecule has 0 aliphatic carbocycles. The van der Waals surface area contributed by atoms with Crippen molar-refractivity contribution in [2.24, 2.45) is 0 Å². The van der Waals surface area contributed by atoms with Crippen LogP contribution in [0, 0.1) is 13.8 Å². The van der Waals surface area contributed by atoms with Crippen LogP contribution in [0.5, 0.6) is 5.75 Å². The van der Waals surface area contributed by atoms with Crippen LogP contribution in [0.2, 0.25) is 0 Å². The number of aryl methyl sites for hydroxylation is 2. The highest BCUT2D eigenvalue weighted by atomic mass is 32.1. The zero-order valence-electron chi connectivity index (χ0n) is 16.3. The molecular weight excluding hydrogens is 394 g/mol. The summed E-state index contributed by atoms with van der Waals surface area (Å²) in [5.74, 6) is -0.226. The molecule has 0 saturated heterocycles. The molecule has 0 aliphatic rings. The van der Waals surface area contributed by atoms with Crippen LogP contribution in [0.3, 0.4) is 0 Å². The molecule has 0 saturated carbocycles. The normalized spacial score (nSPS) is 10.9. The van der Waals surface area contributed by atoms with Crippen LogP contribution in [0.15, 0.2) is 29.1 Å². The van der Waals surface area contributed by atoms with Gasteiger partial charge in [0.25, 0.3) is 11.5 Å². The third kappa shape index (κ3) is 4.14. The van der Waals surface area contributed by atoms with Crippen molar-refractivity contribution in [2.45, 2.75) is 33.2 Å². The molecule has 0 aliphatic heterocycles. The van der Waals surface area contributed by atoms with Gasteiger partial charge in [0.2, 0.25) is 0 Å². The highest BCUT2D eigenvalue weighted by Gasteiger charge is 2.21. The third-order valence-electron chi connectivity index (χ3n) is 4.57. The average molecular weight is 415 g/mol. The number of hydrogen-bond donors (Lipinski definition) is 2. The van der Waals surface area contributed by atoms with Crippen LogP contribution >= 0.6 is 11.3 Å². The molecule has 1 aromatic carbocycles. The first-order valence-corrected chi connectivity index (χ1v) is 9.81. The highest BCUT2D eigenvalue weighted by molar-refractivity contribution is 7.20. The minimum Gasteiger partial charge on any atom is -0.495 e. The summed E-state index contributed by atoms with van der Waals surface area (Å²) in [4.78, 5) is 41.9. The van der Waals surface area contributed by atoms with Crippen molar-refractivity contribution in [3.8, 4) is 5.75 Å². The molecule has 2 heterocycles. The number of rotatable bonds is 7. The summed E-state index contributed by atoms with van der Waals surface area (Å²) in [5, 5.41) is 12.0. The summed E-state index contributed by atoms with van der Waals surface area (Å²) in [6.07, 6.45) is 0.298. The standard InChI is InChI=1S/C20H21N3O5S/c1-11-16-19(21-12(2)23(20(16)27)10-6-9-15(24)25)29-17(11)18(26)22-13-7-4-5-8-14(13)28-3/h4-5,7-8H,6,9-10H2,1-3H3,(H,22,26)(H,24,25). The van der Waals surface area contributed by atoms with Crippen molar-refractivity contribution >= 4 is 39.1 Å². The molecule has 0 fully saturated rings. The van der Waals surface area contributed by atoms with Gasteiger partial charge in [-0.05, 0) is 38.0 Å². The fraction of sp³-hybridized carbons (Fsp3) is 0.300. The number of para-hydroxylation sites is 2. The second-order valence-corrected chi connectivity index (χ2v) is 7.50. The van der Waals surface area contributed by atoms with Gasteiger partial charge in [0.1, 0.15) is 16.4 Å². The molecule has 0 atom stereocenters. The minimum absolute atomic E-state index is 0.0287. The Morgan fingerprint density at radius 2 is 2.00 bits per heavy atom. The van der Waals surface area contributed by atoms with E-state index < -0.39 is 5.97 Å². The summed E-state index contributed by atoms with van der Waals surface area (Å²) in [6.45, 7) is 3.68. The summed E-state index contributed by atoms with van der Waals surface area (Å²) in [7, 11) is 1.52. The summed E-state index contributed by atoms with van der Waals surface area (Å²) < 4.78 is 6.72. The van der Waals surface area contributed by atoms with E-state index in [1.54, 1.807) is 38.1 Å². The van der Waals surface area contributed by atoms with Crippen molar-refractivity contribution < 1.29 is 19.4 Å². The van der Waals surface area contributed by atoms with Crippen LogP contribution in [0.25, 0.3) is 10.2 Å². The number of anilines is 1. The maximum Gasteiger partial charge on any atom is 0.303 e. The Balaban J connectivity index is 1.97. The number of hydrogen-bond acceptors (Lipinski definition) is 6. The molecule has 0 unspecified atom stereocenters. The molecule has 0 bridgehead atoms.